The van der Waals surface area contributed by atoms with Crippen LogP contribution in [0.25, 0.3) is 0 Å². The van der Waals surface area contributed by atoms with Crippen molar-refractivity contribution in [2.24, 2.45) is 5.41 Å². The van der Waals surface area contributed by atoms with E-state index in [1.54, 1.807) is 6.20 Å². The molecule has 33 heavy (non-hydrogen) atoms. The predicted molar refractivity (Wildman–Crippen MR) is 126 cm³/mol. The summed E-state index contributed by atoms with van der Waals surface area (Å²) in [6.07, 6.45) is 5.27. The number of hydrogen-bond acceptors (Lipinski definition) is 7. The minimum Gasteiger partial charge on any atom is -0.457 e. The highest BCUT2D eigenvalue weighted by atomic mass is 16.5. The Labute approximate surface area is 195 Å². The number of carbonyl (C=O) groups is 1. The smallest absolute Gasteiger partial charge is 0.338 e. The summed E-state index contributed by atoms with van der Waals surface area (Å²) in [5.41, 5.74) is 5.16. The maximum atomic E-state index is 11.9. The van der Waals surface area contributed by atoms with Gasteiger partial charge in [0, 0.05) is 37.4 Å². The van der Waals surface area contributed by atoms with Crippen LogP contribution in [0.3, 0.4) is 0 Å². The number of rotatable bonds is 5. The van der Waals surface area contributed by atoms with E-state index in [-0.39, 0.29) is 12.0 Å². The second kappa shape index (κ2) is 8.77. The summed E-state index contributed by atoms with van der Waals surface area (Å²) < 4.78 is 5.24. The molecule has 1 unspecified atom stereocenters. The number of likely N-dealkylation sites (tertiary alicyclic amines) is 1. The predicted octanol–water partition coefficient (Wildman–Crippen LogP) is 3.19. The fraction of sp³-hybridized carbons (Fsp3) is 0.500. The Kier molecular flexibility index (Phi) is 5.81. The molecule has 0 bridgehead atoms. The Morgan fingerprint density at radius 2 is 2.00 bits per heavy atom. The van der Waals surface area contributed by atoms with Gasteiger partial charge in [0.1, 0.15) is 18.5 Å². The number of benzene rings is 1. The number of anilines is 1. The van der Waals surface area contributed by atoms with Gasteiger partial charge in [-0.2, -0.15) is 5.26 Å². The number of esters is 1. The van der Waals surface area contributed by atoms with Crippen molar-refractivity contribution in [2.45, 2.75) is 38.8 Å². The van der Waals surface area contributed by atoms with Crippen LogP contribution in [0, 0.1) is 23.7 Å². The molecular weight excluding hydrogens is 414 g/mol. The van der Waals surface area contributed by atoms with E-state index in [4.69, 9.17) is 10.00 Å². The largest absolute Gasteiger partial charge is 0.457 e. The van der Waals surface area contributed by atoms with Crippen LogP contribution in [0.2, 0.25) is 0 Å². The molecule has 0 amide bonds. The minimum absolute atomic E-state index is 0.205. The van der Waals surface area contributed by atoms with Crippen molar-refractivity contribution in [3.05, 3.63) is 58.3 Å². The van der Waals surface area contributed by atoms with E-state index in [1.165, 1.54) is 30.4 Å². The number of aromatic nitrogens is 1. The van der Waals surface area contributed by atoms with Gasteiger partial charge in [-0.15, -0.1) is 0 Å². The molecule has 5 rings (SSSR count). The van der Waals surface area contributed by atoms with Crippen LogP contribution < -0.4 is 10.2 Å². The number of piperidine rings is 1. The van der Waals surface area contributed by atoms with Crippen molar-refractivity contribution in [3.63, 3.8) is 0 Å². The summed E-state index contributed by atoms with van der Waals surface area (Å²) in [7, 11) is 2.02. The number of pyridine rings is 1. The Hall–Kier alpha value is -2.95. The number of carbonyl (C=O) groups excluding carboxylic acids is 1. The van der Waals surface area contributed by atoms with Gasteiger partial charge in [-0.05, 0) is 81.1 Å². The monoisotopic (exact) mass is 445 g/mol. The van der Waals surface area contributed by atoms with Crippen molar-refractivity contribution in [1.82, 2.24) is 15.2 Å². The fourth-order valence-corrected chi connectivity index (χ4v) is 5.74. The fourth-order valence-electron chi connectivity index (χ4n) is 5.74. The Morgan fingerprint density at radius 3 is 2.70 bits per heavy atom. The third-order valence-corrected chi connectivity index (χ3v) is 7.93. The number of nitrogens with one attached hydrogen (secondary N) is 1. The number of hydrogen-bond donors (Lipinski definition) is 1. The van der Waals surface area contributed by atoms with Crippen LogP contribution in [0.1, 0.15) is 57.9 Å². The summed E-state index contributed by atoms with van der Waals surface area (Å²) >= 11 is 0. The van der Waals surface area contributed by atoms with E-state index in [9.17, 15) is 4.79 Å². The molecule has 172 valence electrons. The standard InChI is InChI=1S/C26H31N5O2/c1-18-20(4-5-21-22(18)16-33-25(21)32)23(28-2)15-30-10-7-26(8-11-30)9-12-31(17-26)24-6-3-19(13-27)14-29-24/h3-6,14,23,28H,7-12,15-17H2,1-2H3. The summed E-state index contributed by atoms with van der Waals surface area (Å²) in [5.74, 6) is 0.780. The zero-order valence-corrected chi connectivity index (χ0v) is 19.4. The van der Waals surface area contributed by atoms with Gasteiger partial charge < -0.3 is 19.9 Å². The first kappa shape index (κ1) is 21.9. The van der Waals surface area contributed by atoms with Crippen molar-refractivity contribution in [1.29, 1.82) is 5.26 Å². The minimum atomic E-state index is -0.205. The molecule has 3 aliphatic heterocycles. The lowest BCUT2D eigenvalue weighted by molar-refractivity contribution is 0.0535. The Morgan fingerprint density at radius 1 is 1.21 bits per heavy atom. The van der Waals surface area contributed by atoms with Crippen molar-refractivity contribution in [3.8, 4) is 6.07 Å². The van der Waals surface area contributed by atoms with Crippen LogP contribution >= 0.6 is 0 Å². The zero-order valence-electron chi connectivity index (χ0n) is 19.4. The molecule has 7 heteroatoms. The van der Waals surface area contributed by atoms with Crippen LogP contribution in [0.5, 0.6) is 0 Å². The molecule has 0 aliphatic carbocycles. The first-order chi connectivity index (χ1) is 16.0. The van der Waals surface area contributed by atoms with Gasteiger partial charge in [0.05, 0.1) is 11.1 Å². The molecule has 1 aromatic heterocycles. The SMILES string of the molecule is CNC(CN1CCC2(CC1)CCN(c1ccc(C#N)cn1)C2)c1ccc2c(c1C)COC2=O. The molecular formula is C26H31N5O2. The van der Waals surface area contributed by atoms with E-state index < -0.39 is 0 Å². The lowest BCUT2D eigenvalue weighted by Gasteiger charge is -2.40. The molecule has 0 saturated carbocycles. The topological polar surface area (TPSA) is 81.5 Å². The number of nitriles is 1. The van der Waals surface area contributed by atoms with Gasteiger partial charge in [0.15, 0.2) is 0 Å². The Bertz CT molecular complexity index is 1080. The second-order valence-electron chi connectivity index (χ2n) is 9.71. The van der Waals surface area contributed by atoms with Crippen LogP contribution in [-0.4, -0.2) is 55.6 Å². The van der Waals surface area contributed by atoms with Crippen LogP contribution in [0.4, 0.5) is 5.82 Å². The van der Waals surface area contributed by atoms with Gasteiger partial charge in [-0.1, -0.05) is 6.07 Å². The number of cyclic esters (lactones) is 1. The molecule has 7 nitrogen and oxygen atoms in total. The summed E-state index contributed by atoms with van der Waals surface area (Å²) in [5, 5.41) is 12.5. The molecule has 1 N–H and O–H groups in total. The number of likely N-dealkylation sites (N-methyl/N-ethyl adjacent to an activating group) is 1. The van der Waals surface area contributed by atoms with Crippen LogP contribution in [0.15, 0.2) is 30.5 Å². The average molecular weight is 446 g/mol. The zero-order chi connectivity index (χ0) is 23.0. The third kappa shape index (κ3) is 4.09. The van der Waals surface area contributed by atoms with Crippen molar-refractivity contribution < 1.29 is 9.53 Å². The Balaban J connectivity index is 1.21. The molecule has 0 radical (unpaired) electrons. The summed E-state index contributed by atoms with van der Waals surface area (Å²) in [6, 6.07) is 10.2. The lowest BCUT2D eigenvalue weighted by atomic mass is 9.77. The van der Waals surface area contributed by atoms with Gasteiger partial charge in [0.25, 0.3) is 0 Å². The normalized spacial score (nSPS) is 20.5. The molecule has 3 aliphatic rings. The number of fused-ring (bicyclic) bond motifs is 1. The molecule has 4 heterocycles. The number of nitrogens with zero attached hydrogens (tertiary/aromatic N) is 4. The molecule has 2 saturated heterocycles. The molecule has 1 spiro atoms. The van der Waals surface area contributed by atoms with Gasteiger partial charge >= 0.3 is 5.97 Å². The maximum Gasteiger partial charge on any atom is 0.338 e. The van der Waals surface area contributed by atoms with Gasteiger partial charge in [-0.25, -0.2) is 9.78 Å². The third-order valence-electron chi connectivity index (χ3n) is 7.93. The first-order valence-corrected chi connectivity index (χ1v) is 11.8. The van der Waals surface area contributed by atoms with E-state index >= 15 is 0 Å². The molecule has 2 fully saturated rings. The average Bonchev–Trinajstić information content (AvgIpc) is 3.44. The second-order valence-corrected chi connectivity index (χ2v) is 9.71. The quantitative estimate of drug-likeness (QED) is 0.708. The van der Waals surface area contributed by atoms with Crippen molar-refractivity contribution >= 4 is 11.8 Å². The van der Waals surface area contributed by atoms with E-state index in [1.807, 2.05) is 25.2 Å². The van der Waals surface area contributed by atoms with E-state index in [2.05, 4.69) is 39.2 Å². The first-order valence-electron chi connectivity index (χ1n) is 11.8. The highest BCUT2D eigenvalue weighted by Crippen LogP contribution is 2.42. The maximum absolute atomic E-state index is 11.9. The molecule has 1 atom stereocenters. The van der Waals surface area contributed by atoms with Gasteiger partial charge in [0.2, 0.25) is 0 Å². The highest BCUT2D eigenvalue weighted by Gasteiger charge is 2.41. The molecule has 1 aromatic carbocycles. The summed E-state index contributed by atoms with van der Waals surface area (Å²) in [4.78, 5) is 21.3. The van der Waals surface area contributed by atoms with Gasteiger partial charge in [-0.3, -0.25) is 0 Å². The summed E-state index contributed by atoms with van der Waals surface area (Å²) in [6.45, 7) is 7.73. The molecule has 2 aromatic rings. The van der Waals surface area contributed by atoms with Crippen LogP contribution in [-0.2, 0) is 11.3 Å². The van der Waals surface area contributed by atoms with E-state index in [0.29, 0.717) is 23.1 Å². The highest BCUT2D eigenvalue weighted by molar-refractivity contribution is 5.94. The lowest BCUT2D eigenvalue weighted by Crippen LogP contribution is -2.44. The van der Waals surface area contributed by atoms with Crippen molar-refractivity contribution in [2.75, 3.05) is 44.7 Å². The number of ether oxygens (including phenoxy) is 1. The van der Waals surface area contributed by atoms with E-state index in [0.717, 1.165) is 44.1 Å².